The van der Waals surface area contributed by atoms with Crippen molar-refractivity contribution in [1.29, 1.82) is 0 Å². The van der Waals surface area contributed by atoms with Crippen molar-refractivity contribution < 1.29 is 9.18 Å². The molecule has 1 aliphatic heterocycles. The van der Waals surface area contributed by atoms with Crippen LogP contribution in [0, 0.1) is 5.82 Å². The summed E-state index contributed by atoms with van der Waals surface area (Å²) in [5.74, 6) is 0.180. The first-order chi connectivity index (χ1) is 14.2. The average Bonchev–Trinajstić information content (AvgIpc) is 3.38. The first-order valence-corrected chi connectivity index (χ1v) is 10.4. The van der Waals surface area contributed by atoms with Gasteiger partial charge < -0.3 is 4.90 Å². The summed E-state index contributed by atoms with van der Waals surface area (Å²) in [4.78, 5) is 15.2. The van der Waals surface area contributed by atoms with E-state index in [2.05, 4.69) is 29.4 Å². The minimum absolute atomic E-state index is 0.00949. The second-order valence-corrected chi connectivity index (χ2v) is 7.97. The molecule has 0 N–H and O–H groups in total. The zero-order chi connectivity index (χ0) is 19.8. The quantitative estimate of drug-likeness (QED) is 0.661. The molecule has 29 heavy (non-hydrogen) atoms. The molecule has 2 aliphatic rings. The Labute approximate surface area is 170 Å². The number of aromatic nitrogens is 2. The molecular formula is C24H24FN3O. The van der Waals surface area contributed by atoms with Gasteiger partial charge in [-0.2, -0.15) is 5.10 Å². The molecule has 0 radical (unpaired) electrons. The van der Waals surface area contributed by atoms with E-state index >= 15 is 0 Å². The van der Waals surface area contributed by atoms with Crippen molar-refractivity contribution in [3.63, 3.8) is 0 Å². The van der Waals surface area contributed by atoms with Crippen LogP contribution in [0.25, 0.3) is 5.69 Å². The number of halogens is 1. The lowest BCUT2D eigenvalue weighted by Gasteiger charge is -2.32. The van der Waals surface area contributed by atoms with Gasteiger partial charge in [-0.1, -0.05) is 42.5 Å². The minimum atomic E-state index is -0.313. The van der Waals surface area contributed by atoms with Crippen molar-refractivity contribution in [2.24, 2.45) is 0 Å². The molecule has 5 rings (SSSR count). The summed E-state index contributed by atoms with van der Waals surface area (Å²) in [6.07, 6.45) is 4.58. The summed E-state index contributed by atoms with van der Waals surface area (Å²) in [5.41, 5.74) is 4.27. The second kappa shape index (κ2) is 7.47. The molecule has 1 aromatic heterocycles. The number of amides is 1. The minimum Gasteiger partial charge on any atom is -0.337 e. The van der Waals surface area contributed by atoms with E-state index in [-0.39, 0.29) is 11.7 Å². The molecule has 3 aromatic rings. The third kappa shape index (κ3) is 3.24. The molecule has 0 unspecified atom stereocenters. The first-order valence-electron chi connectivity index (χ1n) is 10.4. The van der Waals surface area contributed by atoms with Gasteiger partial charge in [-0.15, -0.1) is 0 Å². The van der Waals surface area contributed by atoms with Crippen LogP contribution in [0.2, 0.25) is 0 Å². The molecular weight excluding hydrogens is 365 g/mol. The third-order valence-corrected chi connectivity index (χ3v) is 6.27. The number of rotatable bonds is 3. The van der Waals surface area contributed by atoms with Crippen LogP contribution in [0.3, 0.4) is 0 Å². The van der Waals surface area contributed by atoms with Gasteiger partial charge in [-0.05, 0) is 55.7 Å². The van der Waals surface area contributed by atoms with Gasteiger partial charge in [0.25, 0.3) is 5.91 Å². The average molecular weight is 389 g/mol. The predicted octanol–water partition coefficient (Wildman–Crippen LogP) is 4.52. The van der Waals surface area contributed by atoms with Crippen LogP contribution in [0.4, 0.5) is 4.39 Å². The molecule has 1 fully saturated rings. The van der Waals surface area contributed by atoms with Gasteiger partial charge in [-0.25, -0.2) is 9.07 Å². The SMILES string of the molecule is O=C(c1nn(-c2ccccc2F)c2c1CCC2)N1CCC(c2ccccc2)CC1. The van der Waals surface area contributed by atoms with E-state index in [1.807, 2.05) is 11.0 Å². The van der Waals surface area contributed by atoms with Crippen molar-refractivity contribution in [2.75, 3.05) is 13.1 Å². The standard InChI is InChI=1S/C24H24FN3O/c25-20-10-4-5-11-22(20)28-21-12-6-9-19(21)23(26-28)24(29)27-15-13-18(14-16-27)17-7-2-1-3-8-17/h1-5,7-8,10-11,18H,6,9,12-16H2. The summed E-state index contributed by atoms with van der Waals surface area (Å²) >= 11 is 0. The molecule has 4 nitrogen and oxygen atoms in total. The molecule has 2 heterocycles. The van der Waals surface area contributed by atoms with Crippen molar-refractivity contribution in [1.82, 2.24) is 14.7 Å². The van der Waals surface area contributed by atoms with Crippen molar-refractivity contribution in [3.8, 4) is 5.69 Å². The highest BCUT2D eigenvalue weighted by Crippen LogP contribution is 2.32. The van der Waals surface area contributed by atoms with E-state index < -0.39 is 0 Å². The number of hydrogen-bond acceptors (Lipinski definition) is 2. The smallest absolute Gasteiger partial charge is 0.274 e. The number of benzene rings is 2. The van der Waals surface area contributed by atoms with Crippen LogP contribution < -0.4 is 0 Å². The van der Waals surface area contributed by atoms with E-state index in [0.717, 1.165) is 56.5 Å². The zero-order valence-electron chi connectivity index (χ0n) is 16.4. The topological polar surface area (TPSA) is 38.1 Å². The van der Waals surface area contributed by atoms with Gasteiger partial charge in [0.15, 0.2) is 5.69 Å². The molecule has 1 amide bonds. The van der Waals surface area contributed by atoms with Gasteiger partial charge in [0.2, 0.25) is 0 Å². The number of para-hydroxylation sites is 1. The Kier molecular flexibility index (Phi) is 4.66. The number of likely N-dealkylation sites (tertiary alicyclic amines) is 1. The number of piperidine rings is 1. The Balaban J connectivity index is 1.39. The maximum absolute atomic E-state index is 14.4. The van der Waals surface area contributed by atoms with E-state index in [4.69, 9.17) is 0 Å². The van der Waals surface area contributed by atoms with Gasteiger partial charge in [-0.3, -0.25) is 4.79 Å². The maximum Gasteiger partial charge on any atom is 0.274 e. The molecule has 148 valence electrons. The Bertz CT molecular complexity index is 1040. The highest BCUT2D eigenvalue weighted by molar-refractivity contribution is 5.94. The van der Waals surface area contributed by atoms with Crippen molar-refractivity contribution in [3.05, 3.63) is 82.9 Å². The number of hydrogen-bond donors (Lipinski definition) is 0. The Morgan fingerprint density at radius 2 is 1.69 bits per heavy atom. The highest BCUT2D eigenvalue weighted by Gasteiger charge is 2.32. The number of carbonyl (C=O) groups excluding carboxylic acids is 1. The van der Waals surface area contributed by atoms with Crippen molar-refractivity contribution in [2.45, 2.75) is 38.0 Å². The fourth-order valence-electron chi connectivity index (χ4n) is 4.72. The first kappa shape index (κ1) is 18.1. The van der Waals surface area contributed by atoms with Gasteiger partial charge in [0.1, 0.15) is 11.5 Å². The molecule has 0 saturated carbocycles. The summed E-state index contributed by atoms with van der Waals surface area (Å²) in [7, 11) is 0. The molecule has 1 saturated heterocycles. The van der Waals surface area contributed by atoms with Crippen LogP contribution in [-0.2, 0) is 12.8 Å². The van der Waals surface area contributed by atoms with Crippen LogP contribution in [0.1, 0.15) is 52.5 Å². The Morgan fingerprint density at radius 1 is 0.966 bits per heavy atom. The van der Waals surface area contributed by atoms with Gasteiger partial charge >= 0.3 is 0 Å². The fourth-order valence-corrected chi connectivity index (χ4v) is 4.72. The van der Waals surface area contributed by atoms with E-state index in [1.54, 1.807) is 22.9 Å². The van der Waals surface area contributed by atoms with Gasteiger partial charge in [0.05, 0.1) is 0 Å². The molecule has 0 spiro atoms. The zero-order valence-corrected chi connectivity index (χ0v) is 16.4. The lowest BCUT2D eigenvalue weighted by molar-refractivity contribution is 0.0705. The lowest BCUT2D eigenvalue weighted by Crippen LogP contribution is -2.38. The van der Waals surface area contributed by atoms with Crippen LogP contribution >= 0.6 is 0 Å². The highest BCUT2D eigenvalue weighted by atomic mass is 19.1. The number of fused-ring (bicyclic) bond motifs is 1. The summed E-state index contributed by atoms with van der Waals surface area (Å²) in [6, 6.07) is 17.2. The number of carbonyl (C=O) groups is 1. The fraction of sp³-hybridized carbons (Fsp3) is 0.333. The third-order valence-electron chi connectivity index (χ3n) is 6.27. The molecule has 1 aliphatic carbocycles. The number of nitrogens with zero attached hydrogens (tertiary/aromatic N) is 3. The predicted molar refractivity (Wildman–Crippen MR) is 110 cm³/mol. The van der Waals surface area contributed by atoms with E-state index in [0.29, 0.717) is 17.3 Å². The monoisotopic (exact) mass is 389 g/mol. The van der Waals surface area contributed by atoms with E-state index in [1.165, 1.54) is 11.6 Å². The Hall–Kier alpha value is -2.95. The molecule has 2 aromatic carbocycles. The van der Waals surface area contributed by atoms with E-state index in [9.17, 15) is 9.18 Å². The summed E-state index contributed by atoms with van der Waals surface area (Å²) < 4.78 is 16.0. The van der Waals surface area contributed by atoms with Crippen LogP contribution in [0.15, 0.2) is 54.6 Å². The Morgan fingerprint density at radius 3 is 2.45 bits per heavy atom. The maximum atomic E-state index is 14.4. The van der Waals surface area contributed by atoms with Crippen molar-refractivity contribution >= 4 is 5.91 Å². The molecule has 0 atom stereocenters. The molecule has 0 bridgehead atoms. The van der Waals surface area contributed by atoms with Crippen LogP contribution in [0.5, 0.6) is 0 Å². The summed E-state index contributed by atoms with van der Waals surface area (Å²) in [5, 5.41) is 4.60. The largest absolute Gasteiger partial charge is 0.337 e. The molecule has 5 heteroatoms. The van der Waals surface area contributed by atoms with Crippen LogP contribution in [-0.4, -0.2) is 33.7 Å². The normalized spacial score (nSPS) is 16.8. The summed E-state index contributed by atoms with van der Waals surface area (Å²) in [6.45, 7) is 1.47. The second-order valence-electron chi connectivity index (χ2n) is 7.97. The lowest BCUT2D eigenvalue weighted by atomic mass is 9.89. The van der Waals surface area contributed by atoms with Gasteiger partial charge in [0, 0.05) is 24.3 Å².